The summed E-state index contributed by atoms with van der Waals surface area (Å²) >= 11 is 0. The van der Waals surface area contributed by atoms with Crippen LogP contribution in [0.3, 0.4) is 0 Å². The Morgan fingerprint density at radius 1 is 1.17 bits per heavy atom. The highest BCUT2D eigenvalue weighted by Crippen LogP contribution is 2.39. The van der Waals surface area contributed by atoms with E-state index in [2.05, 4.69) is 10.6 Å². The van der Waals surface area contributed by atoms with Gasteiger partial charge in [0.05, 0.1) is 11.1 Å². The molecule has 0 spiro atoms. The first-order valence-electron chi connectivity index (χ1n) is 10.1. The summed E-state index contributed by atoms with van der Waals surface area (Å²) in [6.07, 6.45) is -1.27. The smallest absolute Gasteiger partial charge is 0.371 e. The Bertz CT molecular complexity index is 967. The van der Waals surface area contributed by atoms with Gasteiger partial charge < -0.3 is 15.5 Å². The highest BCUT2D eigenvalue weighted by molar-refractivity contribution is 6.32. The molecule has 0 saturated carbocycles. The lowest BCUT2D eigenvalue weighted by Crippen LogP contribution is -2.26. The maximum Gasteiger partial charge on any atom is 0.418 e. The minimum Gasteiger partial charge on any atom is -0.371 e. The first-order chi connectivity index (χ1) is 14.3. The monoisotopic (exact) mass is 417 g/mol. The number of alkyl halides is 3. The lowest BCUT2D eigenvalue weighted by molar-refractivity contribution is -0.137. The largest absolute Gasteiger partial charge is 0.418 e. The van der Waals surface area contributed by atoms with Crippen molar-refractivity contribution in [3.05, 3.63) is 59.3 Å². The van der Waals surface area contributed by atoms with Crippen LogP contribution in [-0.2, 0) is 11.0 Å². The van der Waals surface area contributed by atoms with Crippen LogP contribution >= 0.6 is 0 Å². The van der Waals surface area contributed by atoms with Gasteiger partial charge in [0.2, 0.25) is 0 Å². The summed E-state index contributed by atoms with van der Waals surface area (Å²) in [5.41, 5.74) is 2.56. The second kappa shape index (κ2) is 8.81. The van der Waals surface area contributed by atoms with Crippen molar-refractivity contribution in [2.75, 3.05) is 28.6 Å². The molecule has 0 radical (unpaired) electrons. The lowest BCUT2D eigenvalue weighted by Gasteiger charge is -2.27. The van der Waals surface area contributed by atoms with Crippen LogP contribution in [0.4, 0.5) is 30.2 Å². The van der Waals surface area contributed by atoms with E-state index in [1.807, 2.05) is 32.9 Å². The van der Waals surface area contributed by atoms with E-state index in [1.54, 1.807) is 17.0 Å². The standard InChI is InChI=1S/C23H26F3N3O/c1-4-6-12-29(5-2)20-11-10-16(13-18(20)23(24,25)26)27-14-17-21-15(3)8-7-9-19(21)28-22(17)30/h7-11,13-14,27H,4-6,12H2,1-3H3,(H,28,30)/b17-14+. The summed E-state index contributed by atoms with van der Waals surface area (Å²) in [4.78, 5) is 14.1. The number of nitrogens with one attached hydrogen (secondary N) is 2. The molecule has 7 heteroatoms. The topological polar surface area (TPSA) is 44.4 Å². The number of rotatable bonds is 7. The predicted molar refractivity (Wildman–Crippen MR) is 116 cm³/mol. The van der Waals surface area contributed by atoms with Crippen molar-refractivity contribution >= 4 is 28.5 Å². The molecule has 0 atom stereocenters. The zero-order chi connectivity index (χ0) is 21.9. The fraction of sp³-hybridized carbons (Fsp3) is 0.348. The van der Waals surface area contributed by atoms with Crippen LogP contribution < -0.4 is 15.5 Å². The summed E-state index contributed by atoms with van der Waals surface area (Å²) in [6.45, 7) is 6.82. The van der Waals surface area contributed by atoms with Crippen molar-refractivity contribution in [1.82, 2.24) is 0 Å². The third kappa shape index (κ3) is 4.45. The second-order valence-corrected chi connectivity index (χ2v) is 7.32. The van der Waals surface area contributed by atoms with Crippen LogP contribution in [0.2, 0.25) is 0 Å². The average Bonchev–Trinajstić information content (AvgIpc) is 3.03. The number of carbonyl (C=O) groups is 1. The summed E-state index contributed by atoms with van der Waals surface area (Å²) in [5, 5.41) is 5.66. The number of unbranched alkanes of at least 4 members (excludes halogenated alkanes) is 1. The molecule has 2 N–H and O–H groups in total. The van der Waals surface area contributed by atoms with Crippen molar-refractivity contribution in [3.8, 4) is 0 Å². The summed E-state index contributed by atoms with van der Waals surface area (Å²) in [6, 6.07) is 9.74. The van der Waals surface area contributed by atoms with Gasteiger partial charge in [-0.3, -0.25) is 4.79 Å². The molecule has 0 saturated heterocycles. The molecule has 1 aliphatic rings. The van der Waals surface area contributed by atoms with Crippen LogP contribution in [0.15, 0.2) is 42.6 Å². The molecule has 0 bridgehead atoms. The van der Waals surface area contributed by atoms with Gasteiger partial charge in [-0.1, -0.05) is 25.5 Å². The highest BCUT2D eigenvalue weighted by atomic mass is 19.4. The molecule has 2 aromatic rings. The lowest BCUT2D eigenvalue weighted by atomic mass is 10.0. The second-order valence-electron chi connectivity index (χ2n) is 7.32. The molecule has 1 aliphatic heterocycles. The summed E-state index contributed by atoms with van der Waals surface area (Å²) < 4.78 is 41.3. The SMILES string of the molecule is CCCCN(CC)c1ccc(N/C=C2/C(=O)Nc3cccc(C)c32)cc1C(F)(F)F. The molecule has 0 aromatic heterocycles. The highest BCUT2D eigenvalue weighted by Gasteiger charge is 2.35. The third-order valence-electron chi connectivity index (χ3n) is 5.22. The average molecular weight is 417 g/mol. The zero-order valence-electron chi connectivity index (χ0n) is 17.4. The number of halogens is 3. The molecular weight excluding hydrogens is 391 g/mol. The quantitative estimate of drug-likeness (QED) is 0.540. The third-order valence-corrected chi connectivity index (χ3v) is 5.22. The molecule has 0 aliphatic carbocycles. The van der Waals surface area contributed by atoms with Gasteiger partial charge in [0.15, 0.2) is 0 Å². The van der Waals surface area contributed by atoms with Crippen molar-refractivity contribution in [2.45, 2.75) is 39.8 Å². The minimum atomic E-state index is -4.48. The molecule has 30 heavy (non-hydrogen) atoms. The molecule has 3 rings (SSSR count). The Morgan fingerprint density at radius 3 is 2.60 bits per heavy atom. The molecule has 4 nitrogen and oxygen atoms in total. The number of amides is 1. The van der Waals surface area contributed by atoms with Gasteiger partial charge >= 0.3 is 6.18 Å². The summed E-state index contributed by atoms with van der Waals surface area (Å²) in [5.74, 6) is -0.281. The van der Waals surface area contributed by atoms with Gasteiger partial charge in [0.25, 0.3) is 5.91 Å². The Labute approximate surface area is 174 Å². The Balaban J connectivity index is 1.93. The molecular formula is C23H26F3N3O. The van der Waals surface area contributed by atoms with Gasteiger partial charge in [-0.2, -0.15) is 13.2 Å². The van der Waals surface area contributed by atoms with E-state index in [0.717, 1.165) is 30.0 Å². The van der Waals surface area contributed by atoms with Crippen molar-refractivity contribution in [2.24, 2.45) is 0 Å². The maximum absolute atomic E-state index is 13.8. The van der Waals surface area contributed by atoms with Crippen molar-refractivity contribution in [1.29, 1.82) is 0 Å². The van der Waals surface area contributed by atoms with E-state index in [1.165, 1.54) is 12.3 Å². The normalized spacial score (nSPS) is 14.6. The number of hydrogen-bond donors (Lipinski definition) is 2. The van der Waals surface area contributed by atoms with E-state index < -0.39 is 11.7 Å². The number of carbonyl (C=O) groups excluding carboxylic acids is 1. The van der Waals surface area contributed by atoms with E-state index in [4.69, 9.17) is 0 Å². The van der Waals surface area contributed by atoms with Crippen LogP contribution in [0, 0.1) is 6.92 Å². The maximum atomic E-state index is 13.8. The molecule has 1 amide bonds. The first kappa shape index (κ1) is 21.7. The van der Waals surface area contributed by atoms with Gasteiger partial charge in [-0.15, -0.1) is 0 Å². The molecule has 160 valence electrons. The molecule has 0 fully saturated rings. The number of nitrogens with zero attached hydrogens (tertiary/aromatic N) is 1. The van der Waals surface area contributed by atoms with Crippen LogP contribution in [-0.4, -0.2) is 19.0 Å². The molecule has 0 unspecified atom stereocenters. The zero-order valence-corrected chi connectivity index (χ0v) is 17.4. The Morgan fingerprint density at radius 2 is 1.93 bits per heavy atom. The number of hydrogen-bond acceptors (Lipinski definition) is 3. The van der Waals surface area contributed by atoms with E-state index in [0.29, 0.717) is 24.4 Å². The molecule has 1 heterocycles. The summed E-state index contributed by atoms with van der Waals surface area (Å²) in [7, 11) is 0. The fourth-order valence-electron chi connectivity index (χ4n) is 3.65. The van der Waals surface area contributed by atoms with Gasteiger partial charge in [0, 0.05) is 41.9 Å². The number of aryl methyl sites for hydroxylation is 1. The first-order valence-corrected chi connectivity index (χ1v) is 10.1. The van der Waals surface area contributed by atoms with Crippen molar-refractivity contribution in [3.63, 3.8) is 0 Å². The van der Waals surface area contributed by atoms with E-state index in [9.17, 15) is 18.0 Å². The van der Waals surface area contributed by atoms with E-state index in [-0.39, 0.29) is 17.3 Å². The van der Waals surface area contributed by atoms with Crippen LogP contribution in [0.25, 0.3) is 5.57 Å². The van der Waals surface area contributed by atoms with Gasteiger partial charge in [-0.05, 0) is 50.1 Å². The van der Waals surface area contributed by atoms with Crippen molar-refractivity contribution < 1.29 is 18.0 Å². The Hall–Kier alpha value is -2.96. The number of fused-ring (bicyclic) bond motifs is 1. The Kier molecular flexibility index (Phi) is 6.39. The van der Waals surface area contributed by atoms with Gasteiger partial charge in [0.1, 0.15) is 0 Å². The fourth-order valence-corrected chi connectivity index (χ4v) is 3.65. The predicted octanol–water partition coefficient (Wildman–Crippen LogP) is 6.05. The minimum absolute atomic E-state index is 0.177. The van der Waals surface area contributed by atoms with Crippen LogP contribution in [0.1, 0.15) is 43.4 Å². The van der Waals surface area contributed by atoms with Gasteiger partial charge in [-0.25, -0.2) is 0 Å². The number of anilines is 3. The van der Waals surface area contributed by atoms with Crippen LogP contribution in [0.5, 0.6) is 0 Å². The molecule has 2 aromatic carbocycles. The van der Waals surface area contributed by atoms with E-state index >= 15 is 0 Å². The number of benzene rings is 2.